The topological polar surface area (TPSA) is 72.8 Å². The van der Waals surface area contributed by atoms with Crippen LogP contribution in [0, 0.1) is 11.3 Å². The van der Waals surface area contributed by atoms with E-state index in [0.29, 0.717) is 18.4 Å². The van der Waals surface area contributed by atoms with Gasteiger partial charge in [-0.2, -0.15) is 0 Å². The van der Waals surface area contributed by atoms with Gasteiger partial charge in [0.05, 0.1) is 25.6 Å². The number of benzene rings is 1. The van der Waals surface area contributed by atoms with Crippen LogP contribution in [0.3, 0.4) is 0 Å². The van der Waals surface area contributed by atoms with Crippen LogP contribution in [-0.4, -0.2) is 30.8 Å². The van der Waals surface area contributed by atoms with Gasteiger partial charge in [0, 0.05) is 12.5 Å². The Kier molecular flexibility index (Phi) is 6.61. The molecule has 2 aliphatic carbocycles. The van der Waals surface area contributed by atoms with Gasteiger partial charge in [0.1, 0.15) is 0 Å². The minimum Gasteiger partial charge on any atom is -0.481 e. The highest BCUT2D eigenvalue weighted by molar-refractivity contribution is 5.76. The monoisotopic (exact) mass is 416 g/mol. The third-order valence-electron chi connectivity index (χ3n) is 7.60. The molecule has 1 aromatic carbocycles. The van der Waals surface area contributed by atoms with Crippen molar-refractivity contribution < 1.29 is 24.2 Å². The van der Waals surface area contributed by atoms with E-state index in [1.807, 2.05) is 0 Å². The zero-order chi connectivity index (χ0) is 22.1. The number of aliphatic carboxylic acids is 1. The fourth-order valence-corrected chi connectivity index (χ4v) is 5.83. The number of ether oxygens (including phenoxy) is 2. The molecule has 0 radical (unpaired) electrons. The third kappa shape index (κ3) is 4.27. The first-order chi connectivity index (χ1) is 14.1. The van der Waals surface area contributed by atoms with E-state index >= 15 is 0 Å². The zero-order valence-corrected chi connectivity index (χ0v) is 19.0. The van der Waals surface area contributed by atoms with Crippen LogP contribution in [-0.2, 0) is 24.5 Å². The quantitative estimate of drug-likeness (QED) is 0.605. The first-order valence-corrected chi connectivity index (χ1v) is 11.2. The van der Waals surface area contributed by atoms with Crippen LogP contribution in [0.4, 0.5) is 0 Å². The Bertz CT molecular complexity index is 801. The van der Waals surface area contributed by atoms with E-state index in [1.54, 1.807) is 7.11 Å². The van der Waals surface area contributed by atoms with Crippen molar-refractivity contribution in [1.82, 2.24) is 0 Å². The molecular weight excluding hydrogens is 380 g/mol. The second kappa shape index (κ2) is 8.70. The van der Waals surface area contributed by atoms with Crippen molar-refractivity contribution in [3.63, 3.8) is 0 Å². The largest absolute Gasteiger partial charge is 0.481 e. The number of fused-ring (bicyclic) bond motifs is 3. The molecule has 0 unspecified atom stereocenters. The number of esters is 1. The molecule has 1 aromatic rings. The number of hydrogen-bond donors (Lipinski definition) is 1. The molecule has 1 saturated carbocycles. The van der Waals surface area contributed by atoms with Crippen LogP contribution in [0.1, 0.15) is 94.9 Å². The van der Waals surface area contributed by atoms with E-state index in [4.69, 9.17) is 14.6 Å². The van der Waals surface area contributed by atoms with Crippen LogP contribution in [0.2, 0.25) is 0 Å². The van der Waals surface area contributed by atoms with E-state index < -0.39 is 11.9 Å². The number of methoxy groups -OCH3 is 1. The summed E-state index contributed by atoms with van der Waals surface area (Å²) in [5.74, 6) is -0.600. The summed E-state index contributed by atoms with van der Waals surface area (Å²) in [5, 5.41) is 8.80. The maximum atomic E-state index is 12.1. The summed E-state index contributed by atoms with van der Waals surface area (Å²) < 4.78 is 11.6. The van der Waals surface area contributed by atoms with Gasteiger partial charge in [-0.3, -0.25) is 9.59 Å². The van der Waals surface area contributed by atoms with E-state index in [1.165, 1.54) is 16.7 Å². The molecule has 5 heteroatoms. The molecule has 0 amide bonds. The predicted molar refractivity (Wildman–Crippen MR) is 116 cm³/mol. The summed E-state index contributed by atoms with van der Waals surface area (Å²) in [4.78, 5) is 22.8. The number of carboxylic acid groups (broad SMARTS) is 1. The number of carboxylic acids is 1. The van der Waals surface area contributed by atoms with E-state index in [-0.39, 0.29) is 29.8 Å². The molecule has 4 atom stereocenters. The molecule has 0 spiro atoms. The summed E-state index contributed by atoms with van der Waals surface area (Å²) in [7, 11) is 1.78. The minimum atomic E-state index is -0.976. The van der Waals surface area contributed by atoms with Gasteiger partial charge in [-0.1, -0.05) is 52.3 Å². The van der Waals surface area contributed by atoms with Crippen molar-refractivity contribution >= 4 is 11.9 Å². The summed E-state index contributed by atoms with van der Waals surface area (Å²) in [6.07, 6.45) is 3.88. The van der Waals surface area contributed by atoms with Crippen molar-refractivity contribution in [2.75, 3.05) is 13.7 Å². The third-order valence-corrected chi connectivity index (χ3v) is 7.60. The Morgan fingerprint density at radius 2 is 1.93 bits per heavy atom. The Morgan fingerprint density at radius 1 is 1.20 bits per heavy atom. The predicted octanol–water partition coefficient (Wildman–Crippen LogP) is 5.37. The van der Waals surface area contributed by atoms with Crippen molar-refractivity contribution in [1.29, 1.82) is 0 Å². The SMILES string of the molecule is CO[C@@H]1C[C@H]2[C@](C)(COC(=O)CCC(=O)O)CCC[C@]2(C)c2ccc(C(C)C)cc21. The molecule has 0 heterocycles. The van der Waals surface area contributed by atoms with Crippen molar-refractivity contribution in [3.8, 4) is 0 Å². The lowest BCUT2D eigenvalue weighted by atomic mass is 9.49. The maximum Gasteiger partial charge on any atom is 0.306 e. The Balaban J connectivity index is 1.88. The summed E-state index contributed by atoms with van der Waals surface area (Å²) >= 11 is 0. The van der Waals surface area contributed by atoms with Crippen LogP contribution in [0.5, 0.6) is 0 Å². The fourth-order valence-electron chi connectivity index (χ4n) is 5.83. The maximum absolute atomic E-state index is 12.1. The zero-order valence-electron chi connectivity index (χ0n) is 19.0. The molecular formula is C25H36O5. The molecule has 30 heavy (non-hydrogen) atoms. The smallest absolute Gasteiger partial charge is 0.306 e. The molecule has 2 aliphatic rings. The van der Waals surface area contributed by atoms with Crippen molar-refractivity contribution in [2.24, 2.45) is 11.3 Å². The number of hydrogen-bond acceptors (Lipinski definition) is 4. The summed E-state index contributed by atoms with van der Waals surface area (Å²) in [6.45, 7) is 9.35. The Labute approximate surface area is 180 Å². The molecule has 0 bridgehead atoms. The van der Waals surface area contributed by atoms with Crippen LogP contribution in [0.15, 0.2) is 18.2 Å². The highest BCUT2D eigenvalue weighted by atomic mass is 16.5. The molecule has 5 nitrogen and oxygen atoms in total. The summed E-state index contributed by atoms with van der Waals surface area (Å²) in [5.41, 5.74) is 3.88. The average molecular weight is 417 g/mol. The van der Waals surface area contributed by atoms with Gasteiger partial charge in [-0.15, -0.1) is 0 Å². The second-order valence-electron chi connectivity index (χ2n) is 9.99. The Morgan fingerprint density at radius 3 is 2.57 bits per heavy atom. The first kappa shape index (κ1) is 22.8. The van der Waals surface area contributed by atoms with E-state index in [0.717, 1.165) is 25.7 Å². The lowest BCUT2D eigenvalue weighted by molar-refractivity contribution is -0.154. The van der Waals surface area contributed by atoms with Crippen molar-refractivity contribution in [3.05, 3.63) is 34.9 Å². The molecule has 1 N–H and O–H groups in total. The van der Waals surface area contributed by atoms with Gasteiger partial charge in [-0.25, -0.2) is 0 Å². The highest BCUT2D eigenvalue weighted by Gasteiger charge is 2.54. The van der Waals surface area contributed by atoms with Gasteiger partial charge in [0.2, 0.25) is 0 Å². The number of rotatable bonds is 7. The lowest BCUT2D eigenvalue weighted by Crippen LogP contribution is -2.52. The van der Waals surface area contributed by atoms with Crippen LogP contribution in [0.25, 0.3) is 0 Å². The molecule has 166 valence electrons. The number of carbonyl (C=O) groups excluding carboxylic acids is 1. The molecule has 3 rings (SSSR count). The fraction of sp³-hybridized carbons (Fsp3) is 0.680. The van der Waals surface area contributed by atoms with Gasteiger partial charge in [0.15, 0.2) is 0 Å². The van der Waals surface area contributed by atoms with Gasteiger partial charge in [-0.05, 0) is 53.2 Å². The standard InChI is InChI=1S/C25H36O5/c1-16(2)17-7-8-19-18(13-17)20(29-5)14-21-24(3,11-6-12-25(19,21)4)15-30-23(28)10-9-22(26)27/h7-8,13,16,20-21H,6,9-12,14-15H2,1-5H3,(H,26,27)/t20-,21+,24+,25-/m1/s1. The Hall–Kier alpha value is -1.88. The van der Waals surface area contributed by atoms with Gasteiger partial charge >= 0.3 is 11.9 Å². The van der Waals surface area contributed by atoms with Crippen molar-refractivity contribution in [2.45, 2.75) is 83.7 Å². The van der Waals surface area contributed by atoms with Crippen LogP contribution < -0.4 is 0 Å². The van der Waals surface area contributed by atoms with Gasteiger partial charge < -0.3 is 14.6 Å². The van der Waals surface area contributed by atoms with Crippen LogP contribution >= 0.6 is 0 Å². The van der Waals surface area contributed by atoms with Gasteiger partial charge in [0.25, 0.3) is 0 Å². The highest BCUT2D eigenvalue weighted by Crippen LogP contribution is 2.60. The summed E-state index contributed by atoms with van der Waals surface area (Å²) in [6, 6.07) is 6.88. The first-order valence-electron chi connectivity index (χ1n) is 11.2. The molecule has 0 saturated heterocycles. The average Bonchev–Trinajstić information content (AvgIpc) is 2.70. The minimum absolute atomic E-state index is 0.0142. The van der Waals surface area contributed by atoms with E-state index in [9.17, 15) is 9.59 Å². The molecule has 0 aliphatic heterocycles. The molecule has 1 fully saturated rings. The second-order valence-corrected chi connectivity index (χ2v) is 9.99. The normalized spacial score (nSPS) is 30.5. The van der Waals surface area contributed by atoms with E-state index in [2.05, 4.69) is 45.9 Å². The lowest BCUT2D eigenvalue weighted by Gasteiger charge is -2.56. The number of carbonyl (C=O) groups is 2. The molecule has 0 aromatic heterocycles.